The highest BCUT2D eigenvalue weighted by Crippen LogP contribution is 2.19. The summed E-state index contributed by atoms with van der Waals surface area (Å²) in [4.78, 5) is 4.02. The largest absolute Gasteiger partial charge is 0.383 e. The van der Waals surface area contributed by atoms with E-state index in [0.717, 1.165) is 25.9 Å². The van der Waals surface area contributed by atoms with Crippen LogP contribution in [0.25, 0.3) is 0 Å². The van der Waals surface area contributed by atoms with E-state index in [1.807, 2.05) is 6.92 Å². The molecular weight excluding hydrogens is 290 g/mol. The van der Waals surface area contributed by atoms with Gasteiger partial charge in [0.25, 0.3) is 10.0 Å². The van der Waals surface area contributed by atoms with E-state index < -0.39 is 10.0 Å². The molecule has 1 unspecified atom stereocenters. The lowest BCUT2D eigenvalue weighted by Gasteiger charge is -2.22. The van der Waals surface area contributed by atoms with Crippen molar-refractivity contribution in [3.63, 3.8) is 0 Å². The number of rotatable bonds is 7. The first-order valence-electron chi connectivity index (χ1n) is 7.40. The molecule has 0 saturated carbocycles. The van der Waals surface area contributed by atoms with E-state index >= 15 is 0 Å². The molecule has 1 saturated heterocycles. The smallest absolute Gasteiger partial charge is 0.260 e. The van der Waals surface area contributed by atoms with Crippen LogP contribution in [0.15, 0.2) is 23.4 Å². The lowest BCUT2D eigenvalue weighted by atomic mass is 10.0. The molecule has 2 rings (SSSR count). The molecule has 21 heavy (non-hydrogen) atoms. The highest BCUT2D eigenvalue weighted by Gasteiger charge is 2.22. The normalized spacial score (nSPS) is 19.4. The third kappa shape index (κ3) is 4.66. The second kappa shape index (κ2) is 7.72. The molecule has 2 N–H and O–H groups in total. The fraction of sp³-hybridized carbons (Fsp3) is 0.643. The molecule has 7 heteroatoms. The fourth-order valence-corrected chi connectivity index (χ4v) is 3.48. The lowest BCUT2D eigenvalue weighted by molar-refractivity contribution is 0.0568. The maximum absolute atomic E-state index is 12.4. The van der Waals surface area contributed by atoms with Gasteiger partial charge in [-0.1, -0.05) is 6.92 Å². The average Bonchev–Trinajstić information content (AvgIpc) is 2.52. The van der Waals surface area contributed by atoms with Crippen LogP contribution in [0.2, 0.25) is 0 Å². The molecule has 1 aliphatic heterocycles. The van der Waals surface area contributed by atoms with Gasteiger partial charge in [-0.25, -0.2) is 18.1 Å². The van der Waals surface area contributed by atoms with Crippen molar-refractivity contribution in [1.29, 1.82) is 0 Å². The fourth-order valence-electron chi connectivity index (χ4n) is 2.26. The first-order chi connectivity index (χ1) is 10.1. The van der Waals surface area contributed by atoms with Crippen LogP contribution in [-0.2, 0) is 14.8 Å². The zero-order chi connectivity index (χ0) is 15.1. The van der Waals surface area contributed by atoms with Crippen molar-refractivity contribution in [1.82, 2.24) is 9.71 Å². The summed E-state index contributed by atoms with van der Waals surface area (Å²) in [6.45, 7) is 4.52. The predicted octanol–water partition coefficient (Wildman–Crippen LogP) is 1.61. The van der Waals surface area contributed by atoms with Crippen molar-refractivity contribution in [2.45, 2.75) is 31.2 Å². The van der Waals surface area contributed by atoms with E-state index in [4.69, 9.17) is 4.74 Å². The Bertz CT molecular complexity index is 542. The SMILES string of the molecule is CCCNc1cccnc1S(=O)(=O)NCC1CCCOC1. The molecular formula is C14H23N3O3S. The number of hydrogen-bond donors (Lipinski definition) is 2. The highest BCUT2D eigenvalue weighted by molar-refractivity contribution is 7.89. The number of nitrogens with zero attached hydrogens (tertiary/aromatic N) is 1. The molecule has 1 aromatic heterocycles. The third-order valence-corrected chi connectivity index (χ3v) is 4.79. The molecule has 1 fully saturated rings. The van der Waals surface area contributed by atoms with Gasteiger partial charge < -0.3 is 10.1 Å². The summed E-state index contributed by atoms with van der Waals surface area (Å²) in [6.07, 6.45) is 4.39. The molecule has 0 bridgehead atoms. The monoisotopic (exact) mass is 313 g/mol. The van der Waals surface area contributed by atoms with E-state index in [-0.39, 0.29) is 10.9 Å². The number of pyridine rings is 1. The Labute approximate surface area is 126 Å². The van der Waals surface area contributed by atoms with Crippen LogP contribution in [0, 0.1) is 5.92 Å². The van der Waals surface area contributed by atoms with Gasteiger partial charge in [-0.3, -0.25) is 0 Å². The first-order valence-corrected chi connectivity index (χ1v) is 8.88. The van der Waals surface area contributed by atoms with E-state index in [9.17, 15) is 8.42 Å². The van der Waals surface area contributed by atoms with Crippen LogP contribution < -0.4 is 10.0 Å². The molecule has 0 aliphatic carbocycles. The Morgan fingerprint density at radius 1 is 1.48 bits per heavy atom. The van der Waals surface area contributed by atoms with Gasteiger partial charge in [0.15, 0.2) is 5.03 Å². The molecule has 118 valence electrons. The lowest BCUT2D eigenvalue weighted by Crippen LogP contribution is -2.34. The number of aromatic nitrogens is 1. The third-order valence-electron chi connectivity index (χ3n) is 3.41. The van der Waals surface area contributed by atoms with Crippen LogP contribution >= 0.6 is 0 Å². The quantitative estimate of drug-likeness (QED) is 0.799. The van der Waals surface area contributed by atoms with Crippen molar-refractivity contribution >= 4 is 15.7 Å². The molecule has 1 aromatic rings. The number of nitrogens with one attached hydrogen (secondary N) is 2. The van der Waals surface area contributed by atoms with E-state index in [2.05, 4.69) is 15.0 Å². The molecule has 2 heterocycles. The first kappa shape index (κ1) is 16.2. The molecule has 1 atom stereocenters. The Balaban J connectivity index is 2.04. The van der Waals surface area contributed by atoms with Crippen molar-refractivity contribution in [3.05, 3.63) is 18.3 Å². The minimum atomic E-state index is -3.60. The van der Waals surface area contributed by atoms with Gasteiger partial charge in [-0.15, -0.1) is 0 Å². The summed E-state index contributed by atoms with van der Waals surface area (Å²) in [7, 11) is -3.60. The Hall–Kier alpha value is -1.18. The second-order valence-corrected chi connectivity index (χ2v) is 6.90. The summed E-state index contributed by atoms with van der Waals surface area (Å²) in [6, 6.07) is 3.47. The molecule has 1 aliphatic rings. The highest BCUT2D eigenvalue weighted by atomic mass is 32.2. The zero-order valence-electron chi connectivity index (χ0n) is 12.3. The van der Waals surface area contributed by atoms with E-state index in [0.29, 0.717) is 25.4 Å². The van der Waals surface area contributed by atoms with Gasteiger partial charge in [-0.05, 0) is 37.3 Å². The molecule has 0 aromatic carbocycles. The average molecular weight is 313 g/mol. The van der Waals surface area contributed by atoms with Gasteiger partial charge >= 0.3 is 0 Å². The van der Waals surface area contributed by atoms with Gasteiger partial charge in [0, 0.05) is 25.9 Å². The van der Waals surface area contributed by atoms with Crippen LogP contribution in [0.3, 0.4) is 0 Å². The van der Waals surface area contributed by atoms with Crippen molar-refractivity contribution < 1.29 is 13.2 Å². The minimum absolute atomic E-state index is 0.0650. The molecule has 0 amide bonds. The molecule has 0 radical (unpaired) electrons. The van der Waals surface area contributed by atoms with Gasteiger partial charge in [0.05, 0.1) is 12.3 Å². The maximum Gasteiger partial charge on any atom is 0.260 e. The summed E-state index contributed by atoms with van der Waals surface area (Å²) >= 11 is 0. The predicted molar refractivity (Wildman–Crippen MR) is 81.7 cm³/mol. The Morgan fingerprint density at radius 2 is 2.33 bits per heavy atom. The van der Waals surface area contributed by atoms with Crippen LogP contribution in [-0.4, -0.2) is 39.7 Å². The number of sulfonamides is 1. The Morgan fingerprint density at radius 3 is 3.05 bits per heavy atom. The van der Waals surface area contributed by atoms with Crippen molar-refractivity contribution in [2.24, 2.45) is 5.92 Å². The van der Waals surface area contributed by atoms with Gasteiger partial charge in [0.1, 0.15) is 0 Å². The minimum Gasteiger partial charge on any atom is -0.383 e. The van der Waals surface area contributed by atoms with E-state index in [1.165, 1.54) is 6.20 Å². The summed E-state index contributed by atoms with van der Waals surface area (Å²) in [5, 5.41) is 3.17. The van der Waals surface area contributed by atoms with Crippen LogP contribution in [0.5, 0.6) is 0 Å². The number of hydrogen-bond acceptors (Lipinski definition) is 5. The van der Waals surface area contributed by atoms with Gasteiger partial charge in [-0.2, -0.15) is 0 Å². The summed E-state index contributed by atoms with van der Waals surface area (Å²) in [5.74, 6) is 0.240. The number of ether oxygens (including phenoxy) is 1. The molecule has 6 nitrogen and oxygen atoms in total. The maximum atomic E-state index is 12.4. The van der Waals surface area contributed by atoms with Crippen molar-refractivity contribution in [3.8, 4) is 0 Å². The summed E-state index contributed by atoms with van der Waals surface area (Å²) < 4.78 is 32.8. The topological polar surface area (TPSA) is 80.3 Å². The van der Waals surface area contributed by atoms with Crippen molar-refractivity contribution in [2.75, 3.05) is 31.6 Å². The Kier molecular flexibility index (Phi) is 5.96. The standard InChI is InChI=1S/C14H23N3O3S/c1-2-7-15-13-6-3-8-16-14(13)21(18,19)17-10-12-5-4-9-20-11-12/h3,6,8,12,15,17H,2,4-5,7,9-11H2,1H3. The van der Waals surface area contributed by atoms with Gasteiger partial charge in [0.2, 0.25) is 0 Å². The number of anilines is 1. The van der Waals surface area contributed by atoms with E-state index in [1.54, 1.807) is 12.1 Å². The van der Waals surface area contributed by atoms with Crippen LogP contribution in [0.4, 0.5) is 5.69 Å². The summed E-state index contributed by atoms with van der Waals surface area (Å²) in [5.41, 5.74) is 0.548. The molecule has 0 spiro atoms. The second-order valence-electron chi connectivity index (χ2n) is 5.22. The zero-order valence-corrected chi connectivity index (χ0v) is 13.2. The van der Waals surface area contributed by atoms with Crippen LogP contribution in [0.1, 0.15) is 26.2 Å².